The maximum atomic E-state index is 12.8. The van der Waals surface area contributed by atoms with E-state index >= 15 is 0 Å². The summed E-state index contributed by atoms with van der Waals surface area (Å²) in [7, 11) is 3.46. The summed E-state index contributed by atoms with van der Waals surface area (Å²) in [5, 5.41) is 4.06. The van der Waals surface area contributed by atoms with Gasteiger partial charge >= 0.3 is 5.69 Å². The second-order valence-electron chi connectivity index (χ2n) is 6.33. The molecular weight excluding hydrogens is 322 g/mol. The first-order chi connectivity index (χ1) is 12.1. The van der Waals surface area contributed by atoms with Crippen molar-refractivity contribution in [2.75, 3.05) is 13.1 Å². The van der Waals surface area contributed by atoms with Crippen molar-refractivity contribution in [3.8, 4) is 0 Å². The number of imidazole rings is 1. The number of fused-ring (bicyclic) bond motifs is 1. The van der Waals surface area contributed by atoms with Gasteiger partial charge in [-0.1, -0.05) is 0 Å². The molecule has 1 aliphatic heterocycles. The van der Waals surface area contributed by atoms with Crippen LogP contribution in [0.25, 0.3) is 11.2 Å². The van der Waals surface area contributed by atoms with Crippen LogP contribution in [0.5, 0.6) is 0 Å². The first kappa shape index (κ1) is 15.6. The van der Waals surface area contributed by atoms with Gasteiger partial charge in [-0.15, -0.1) is 0 Å². The Bertz CT molecular complexity index is 999. The van der Waals surface area contributed by atoms with Crippen molar-refractivity contribution < 1.29 is 4.79 Å². The zero-order valence-electron chi connectivity index (χ0n) is 14.2. The van der Waals surface area contributed by atoms with Gasteiger partial charge in [-0.25, -0.2) is 14.8 Å². The van der Waals surface area contributed by atoms with Crippen molar-refractivity contribution in [2.45, 2.75) is 18.9 Å². The summed E-state index contributed by atoms with van der Waals surface area (Å²) >= 11 is 0. The van der Waals surface area contributed by atoms with E-state index in [-0.39, 0.29) is 17.6 Å². The predicted molar refractivity (Wildman–Crippen MR) is 90.2 cm³/mol. The van der Waals surface area contributed by atoms with Crippen LogP contribution < -0.4 is 5.69 Å². The van der Waals surface area contributed by atoms with Gasteiger partial charge in [0.05, 0.1) is 12.2 Å². The van der Waals surface area contributed by atoms with Crippen LogP contribution in [0.4, 0.5) is 0 Å². The van der Waals surface area contributed by atoms with Gasteiger partial charge in [0, 0.05) is 33.4 Å². The third kappa shape index (κ3) is 2.43. The van der Waals surface area contributed by atoms with Gasteiger partial charge < -0.3 is 4.90 Å². The third-order valence-electron chi connectivity index (χ3n) is 4.84. The number of aryl methyl sites for hydroxylation is 2. The molecule has 1 aliphatic rings. The zero-order valence-corrected chi connectivity index (χ0v) is 14.2. The predicted octanol–water partition coefficient (Wildman–Crippen LogP) is 0.341. The van der Waals surface area contributed by atoms with E-state index in [1.54, 1.807) is 51.3 Å². The number of carbonyl (C=O) groups is 1. The molecule has 1 fully saturated rings. The smallest absolute Gasteiger partial charge is 0.330 e. The summed E-state index contributed by atoms with van der Waals surface area (Å²) in [6.07, 6.45) is 6.36. The summed E-state index contributed by atoms with van der Waals surface area (Å²) in [6, 6.07) is 1.61. The van der Waals surface area contributed by atoms with Crippen LogP contribution in [0, 0.1) is 0 Å². The Balaban J connectivity index is 1.69. The van der Waals surface area contributed by atoms with Gasteiger partial charge in [0.15, 0.2) is 5.65 Å². The maximum absolute atomic E-state index is 12.8. The number of amides is 1. The molecule has 1 unspecified atom stereocenters. The standard InChI is InChI=1S/C16H19N7O2/c1-20-13-8-17-10-18-14(13)23(16(20)25)11-4-3-7-22(9-11)15(24)12-5-6-19-21(12)2/h5-6,8,10-11H,3-4,7,9H2,1-2H3. The summed E-state index contributed by atoms with van der Waals surface area (Å²) < 4.78 is 4.82. The second kappa shape index (κ2) is 5.83. The highest BCUT2D eigenvalue weighted by molar-refractivity contribution is 5.92. The summed E-state index contributed by atoms with van der Waals surface area (Å²) in [5.74, 6) is -0.0624. The fourth-order valence-electron chi connectivity index (χ4n) is 3.52. The lowest BCUT2D eigenvalue weighted by molar-refractivity contribution is 0.0668. The summed E-state index contributed by atoms with van der Waals surface area (Å²) in [6.45, 7) is 1.15. The molecule has 3 aromatic heterocycles. The van der Waals surface area contributed by atoms with Crippen LogP contribution >= 0.6 is 0 Å². The fourth-order valence-corrected chi connectivity index (χ4v) is 3.52. The highest BCUT2D eigenvalue weighted by Crippen LogP contribution is 2.24. The normalized spacial score (nSPS) is 18.0. The monoisotopic (exact) mass is 341 g/mol. The van der Waals surface area contributed by atoms with E-state index in [2.05, 4.69) is 15.1 Å². The molecule has 25 heavy (non-hydrogen) atoms. The van der Waals surface area contributed by atoms with Crippen molar-refractivity contribution in [1.29, 1.82) is 0 Å². The van der Waals surface area contributed by atoms with E-state index in [1.807, 2.05) is 0 Å². The molecule has 0 aromatic carbocycles. The Kier molecular flexibility index (Phi) is 3.63. The first-order valence-corrected chi connectivity index (χ1v) is 8.22. The molecule has 9 nitrogen and oxygen atoms in total. The van der Waals surface area contributed by atoms with E-state index in [9.17, 15) is 9.59 Å². The minimum Gasteiger partial charge on any atom is -0.335 e. The molecule has 0 N–H and O–H groups in total. The van der Waals surface area contributed by atoms with Crippen molar-refractivity contribution in [3.63, 3.8) is 0 Å². The average molecular weight is 341 g/mol. The molecule has 9 heteroatoms. The van der Waals surface area contributed by atoms with E-state index in [0.717, 1.165) is 12.8 Å². The van der Waals surface area contributed by atoms with Crippen molar-refractivity contribution >= 4 is 17.1 Å². The number of hydrogen-bond acceptors (Lipinski definition) is 5. The largest absolute Gasteiger partial charge is 0.335 e. The van der Waals surface area contributed by atoms with Gasteiger partial charge in [0.2, 0.25) is 0 Å². The van der Waals surface area contributed by atoms with Crippen LogP contribution in [-0.4, -0.2) is 52.8 Å². The van der Waals surface area contributed by atoms with Crippen molar-refractivity contribution in [2.24, 2.45) is 14.1 Å². The molecule has 1 amide bonds. The molecule has 0 spiro atoms. The topological polar surface area (TPSA) is 90.8 Å². The lowest BCUT2D eigenvalue weighted by Gasteiger charge is -2.33. The first-order valence-electron chi connectivity index (χ1n) is 8.22. The lowest BCUT2D eigenvalue weighted by Crippen LogP contribution is -2.43. The Morgan fingerprint density at radius 1 is 1.32 bits per heavy atom. The van der Waals surface area contributed by atoms with Crippen LogP contribution in [0.15, 0.2) is 29.6 Å². The summed E-state index contributed by atoms with van der Waals surface area (Å²) in [4.78, 5) is 35.5. The molecule has 0 radical (unpaired) electrons. The molecule has 0 bridgehead atoms. The van der Waals surface area contributed by atoms with Gasteiger partial charge in [0.25, 0.3) is 5.91 Å². The minimum absolute atomic E-state index is 0.0624. The van der Waals surface area contributed by atoms with E-state index in [0.29, 0.717) is 29.9 Å². The Morgan fingerprint density at radius 2 is 2.16 bits per heavy atom. The second-order valence-corrected chi connectivity index (χ2v) is 6.33. The molecule has 130 valence electrons. The number of piperidine rings is 1. The molecule has 3 aromatic rings. The average Bonchev–Trinajstić information content (AvgIpc) is 3.17. The Morgan fingerprint density at radius 3 is 2.92 bits per heavy atom. The Labute approximate surface area is 143 Å². The quantitative estimate of drug-likeness (QED) is 0.670. The van der Waals surface area contributed by atoms with Gasteiger partial charge in [-0.05, 0) is 18.9 Å². The van der Waals surface area contributed by atoms with E-state index in [4.69, 9.17) is 0 Å². The number of rotatable bonds is 2. The molecule has 4 heterocycles. The minimum atomic E-state index is -0.129. The van der Waals surface area contributed by atoms with E-state index < -0.39 is 0 Å². The van der Waals surface area contributed by atoms with Crippen molar-refractivity contribution in [1.82, 2.24) is 33.8 Å². The highest BCUT2D eigenvalue weighted by atomic mass is 16.2. The molecule has 1 atom stereocenters. The Hall–Kier alpha value is -2.97. The zero-order chi connectivity index (χ0) is 17.6. The lowest BCUT2D eigenvalue weighted by atomic mass is 10.1. The van der Waals surface area contributed by atoms with Crippen LogP contribution in [0.2, 0.25) is 0 Å². The fraction of sp³-hybridized carbons (Fsp3) is 0.438. The van der Waals surface area contributed by atoms with E-state index in [1.165, 1.54) is 6.33 Å². The number of aromatic nitrogens is 6. The number of carbonyl (C=O) groups excluding carboxylic acids is 1. The number of hydrogen-bond donors (Lipinski definition) is 0. The molecule has 0 aliphatic carbocycles. The number of likely N-dealkylation sites (tertiary alicyclic amines) is 1. The van der Waals surface area contributed by atoms with Gasteiger partial charge in [-0.2, -0.15) is 5.10 Å². The number of nitrogens with zero attached hydrogens (tertiary/aromatic N) is 7. The third-order valence-corrected chi connectivity index (χ3v) is 4.84. The summed E-state index contributed by atoms with van der Waals surface area (Å²) in [5.41, 5.74) is 1.73. The van der Waals surface area contributed by atoms with Gasteiger partial charge in [-0.3, -0.25) is 18.6 Å². The van der Waals surface area contributed by atoms with Crippen LogP contribution in [0.3, 0.4) is 0 Å². The van der Waals surface area contributed by atoms with Crippen molar-refractivity contribution in [3.05, 3.63) is 41.0 Å². The van der Waals surface area contributed by atoms with Crippen LogP contribution in [0.1, 0.15) is 29.4 Å². The SMILES string of the molecule is Cn1nccc1C(=O)N1CCCC(n2c(=O)n(C)c3cncnc32)C1. The highest BCUT2D eigenvalue weighted by Gasteiger charge is 2.29. The molecule has 4 rings (SSSR count). The van der Waals surface area contributed by atoms with Gasteiger partial charge in [0.1, 0.15) is 17.5 Å². The molecule has 0 saturated carbocycles. The molecule has 1 saturated heterocycles. The molecular formula is C16H19N7O2. The maximum Gasteiger partial charge on any atom is 0.330 e. The van der Waals surface area contributed by atoms with Crippen LogP contribution in [-0.2, 0) is 14.1 Å².